The minimum atomic E-state index is -0.448. The standard InChI is InChI=1S/C24H32N6O3/c1-5-19(22(31)29(2)3)30(18-10-8-6-7-9-11-18)21-14-15-25-24(28-21)27-20-13-12-17(16-26-20)23(32)33-4/h5,12-16,18H,6-11H2,1-4H3,(H,25,26,27,28)/b19-5-. The third kappa shape index (κ3) is 6.06. The number of rotatable bonds is 7. The number of hydrogen-bond acceptors (Lipinski definition) is 8. The average molecular weight is 453 g/mol. The third-order valence-corrected chi connectivity index (χ3v) is 5.66. The van der Waals surface area contributed by atoms with Gasteiger partial charge in [-0.15, -0.1) is 0 Å². The van der Waals surface area contributed by atoms with Crippen molar-refractivity contribution in [3.8, 4) is 0 Å². The second-order valence-corrected chi connectivity index (χ2v) is 8.18. The fourth-order valence-electron chi connectivity index (χ4n) is 3.98. The third-order valence-electron chi connectivity index (χ3n) is 5.66. The van der Waals surface area contributed by atoms with Gasteiger partial charge in [0.2, 0.25) is 5.95 Å². The number of pyridine rings is 1. The Hall–Kier alpha value is -3.49. The number of methoxy groups -OCH3 is 1. The maximum Gasteiger partial charge on any atom is 0.339 e. The van der Waals surface area contributed by atoms with Crippen molar-refractivity contribution >= 4 is 29.5 Å². The van der Waals surface area contributed by atoms with Gasteiger partial charge >= 0.3 is 5.97 Å². The SMILES string of the molecule is C/C=C(/C(=O)N(C)C)N(c1ccnc(Nc2ccc(C(=O)OC)cn2)n1)C1CCCCCC1. The first-order valence-electron chi connectivity index (χ1n) is 11.3. The molecule has 1 saturated carbocycles. The normalized spacial score (nSPS) is 14.8. The maximum atomic E-state index is 13.0. The lowest BCUT2D eigenvalue weighted by molar-refractivity contribution is -0.124. The minimum absolute atomic E-state index is 0.0602. The second-order valence-electron chi connectivity index (χ2n) is 8.18. The molecule has 9 heteroatoms. The Bertz CT molecular complexity index is 982. The fourth-order valence-corrected chi connectivity index (χ4v) is 3.98. The van der Waals surface area contributed by atoms with Crippen molar-refractivity contribution in [2.45, 2.75) is 51.5 Å². The van der Waals surface area contributed by atoms with Crippen molar-refractivity contribution in [1.82, 2.24) is 19.9 Å². The zero-order valence-electron chi connectivity index (χ0n) is 19.7. The minimum Gasteiger partial charge on any atom is -0.465 e. The molecule has 176 valence electrons. The molecule has 9 nitrogen and oxygen atoms in total. The zero-order chi connectivity index (χ0) is 23.8. The average Bonchev–Trinajstić information content (AvgIpc) is 3.11. The van der Waals surface area contributed by atoms with E-state index in [1.807, 2.05) is 19.1 Å². The number of nitrogens with one attached hydrogen (secondary N) is 1. The van der Waals surface area contributed by atoms with Crippen molar-refractivity contribution in [2.75, 3.05) is 31.4 Å². The molecule has 2 heterocycles. The second kappa shape index (κ2) is 11.4. The Balaban J connectivity index is 1.91. The number of carbonyl (C=O) groups is 2. The molecular weight excluding hydrogens is 420 g/mol. The van der Waals surface area contributed by atoms with Crippen molar-refractivity contribution in [3.63, 3.8) is 0 Å². The van der Waals surface area contributed by atoms with E-state index in [4.69, 9.17) is 9.72 Å². The summed E-state index contributed by atoms with van der Waals surface area (Å²) in [5.74, 6) is 1.01. The van der Waals surface area contributed by atoms with Crippen LogP contribution in [-0.4, -0.2) is 59.0 Å². The number of likely N-dealkylation sites (N-methyl/N-ethyl adjacent to an activating group) is 1. The van der Waals surface area contributed by atoms with Gasteiger partial charge < -0.3 is 19.9 Å². The lowest BCUT2D eigenvalue weighted by atomic mass is 10.1. The highest BCUT2D eigenvalue weighted by Crippen LogP contribution is 2.30. The zero-order valence-corrected chi connectivity index (χ0v) is 19.7. The predicted octanol–water partition coefficient (Wildman–Crippen LogP) is 3.92. The molecule has 1 fully saturated rings. The maximum absolute atomic E-state index is 13.0. The van der Waals surface area contributed by atoms with Gasteiger partial charge in [0.15, 0.2) is 0 Å². The lowest BCUT2D eigenvalue weighted by Gasteiger charge is -2.34. The topological polar surface area (TPSA) is 101 Å². The molecule has 1 N–H and O–H groups in total. The van der Waals surface area contributed by atoms with Crippen LogP contribution in [0.3, 0.4) is 0 Å². The smallest absolute Gasteiger partial charge is 0.339 e. The molecule has 0 unspecified atom stereocenters. The molecule has 0 atom stereocenters. The Labute approximate surface area is 194 Å². The highest BCUT2D eigenvalue weighted by molar-refractivity contribution is 5.96. The first kappa shape index (κ1) is 24.2. The summed E-state index contributed by atoms with van der Waals surface area (Å²) in [6.45, 7) is 1.88. The van der Waals surface area contributed by atoms with Crippen molar-refractivity contribution in [2.24, 2.45) is 0 Å². The molecule has 1 aliphatic rings. The monoisotopic (exact) mass is 452 g/mol. The van der Waals surface area contributed by atoms with E-state index in [2.05, 4.69) is 20.2 Å². The summed E-state index contributed by atoms with van der Waals surface area (Å²) in [5, 5.41) is 3.08. The van der Waals surface area contributed by atoms with Crippen LogP contribution in [0.25, 0.3) is 0 Å². The first-order valence-corrected chi connectivity index (χ1v) is 11.3. The van der Waals surface area contributed by atoms with Gasteiger partial charge in [-0.05, 0) is 38.0 Å². The van der Waals surface area contributed by atoms with Gasteiger partial charge in [-0.2, -0.15) is 4.98 Å². The molecule has 33 heavy (non-hydrogen) atoms. The Morgan fingerprint density at radius 1 is 1.09 bits per heavy atom. The van der Waals surface area contributed by atoms with Crippen molar-refractivity contribution in [3.05, 3.63) is 47.9 Å². The summed E-state index contributed by atoms with van der Waals surface area (Å²) < 4.78 is 4.71. The van der Waals surface area contributed by atoms with Crippen LogP contribution in [0.1, 0.15) is 55.8 Å². The van der Waals surface area contributed by atoms with Crippen LogP contribution in [0.4, 0.5) is 17.6 Å². The van der Waals surface area contributed by atoms with Crippen LogP contribution in [0.2, 0.25) is 0 Å². The number of nitrogens with zero attached hydrogens (tertiary/aromatic N) is 5. The summed E-state index contributed by atoms with van der Waals surface area (Å²) in [4.78, 5) is 41.6. The molecule has 2 aromatic heterocycles. The lowest BCUT2D eigenvalue weighted by Crippen LogP contribution is -2.41. The van der Waals surface area contributed by atoms with Crippen LogP contribution in [0, 0.1) is 0 Å². The van der Waals surface area contributed by atoms with E-state index in [0.29, 0.717) is 28.8 Å². The molecule has 1 amide bonds. The Kier molecular flexibility index (Phi) is 8.34. The van der Waals surface area contributed by atoms with Crippen LogP contribution in [0.15, 0.2) is 42.4 Å². The van der Waals surface area contributed by atoms with Crippen LogP contribution < -0.4 is 10.2 Å². The van der Waals surface area contributed by atoms with E-state index < -0.39 is 5.97 Å². The molecule has 0 spiro atoms. The number of esters is 1. The van der Waals surface area contributed by atoms with E-state index in [1.54, 1.807) is 37.3 Å². The number of amides is 1. The Morgan fingerprint density at radius 3 is 2.39 bits per heavy atom. The summed E-state index contributed by atoms with van der Waals surface area (Å²) in [6, 6.07) is 5.30. The summed E-state index contributed by atoms with van der Waals surface area (Å²) >= 11 is 0. The summed E-state index contributed by atoms with van der Waals surface area (Å²) in [5.41, 5.74) is 0.967. The molecule has 2 aromatic rings. The van der Waals surface area contributed by atoms with Crippen LogP contribution >= 0.6 is 0 Å². The molecule has 0 saturated heterocycles. The van der Waals surface area contributed by atoms with Gasteiger partial charge in [0.05, 0.1) is 12.7 Å². The quantitative estimate of drug-likeness (QED) is 0.383. The first-order chi connectivity index (χ1) is 15.9. The summed E-state index contributed by atoms with van der Waals surface area (Å²) in [7, 11) is 4.84. The molecule has 3 rings (SSSR count). The van der Waals surface area contributed by atoms with Gasteiger partial charge in [0.25, 0.3) is 5.91 Å². The number of anilines is 3. The number of allylic oxidation sites excluding steroid dienone is 1. The van der Waals surface area contributed by atoms with Gasteiger partial charge in [0.1, 0.15) is 17.3 Å². The van der Waals surface area contributed by atoms with Crippen molar-refractivity contribution in [1.29, 1.82) is 0 Å². The van der Waals surface area contributed by atoms with Gasteiger partial charge in [-0.1, -0.05) is 31.8 Å². The van der Waals surface area contributed by atoms with Gasteiger partial charge in [-0.3, -0.25) is 4.79 Å². The summed E-state index contributed by atoms with van der Waals surface area (Å²) in [6.07, 6.45) is 11.6. The van der Waals surface area contributed by atoms with E-state index in [0.717, 1.165) is 25.7 Å². The van der Waals surface area contributed by atoms with Gasteiger partial charge in [-0.25, -0.2) is 14.8 Å². The fraction of sp³-hybridized carbons (Fsp3) is 0.458. The van der Waals surface area contributed by atoms with Gasteiger partial charge in [0, 0.05) is 32.5 Å². The number of ether oxygens (including phenoxy) is 1. The molecule has 0 aliphatic heterocycles. The van der Waals surface area contributed by atoms with E-state index >= 15 is 0 Å². The van der Waals surface area contributed by atoms with Crippen molar-refractivity contribution < 1.29 is 14.3 Å². The predicted molar refractivity (Wildman–Crippen MR) is 127 cm³/mol. The van der Waals surface area contributed by atoms with Crippen LogP contribution in [0.5, 0.6) is 0 Å². The number of aromatic nitrogens is 3. The number of carbonyl (C=O) groups excluding carboxylic acids is 2. The Morgan fingerprint density at radius 2 is 1.82 bits per heavy atom. The molecule has 0 bridgehead atoms. The molecule has 0 aromatic carbocycles. The van der Waals surface area contributed by atoms with E-state index in [9.17, 15) is 9.59 Å². The van der Waals surface area contributed by atoms with Crippen LogP contribution in [-0.2, 0) is 9.53 Å². The molecule has 0 radical (unpaired) electrons. The van der Waals surface area contributed by atoms with E-state index in [1.165, 1.54) is 26.1 Å². The largest absolute Gasteiger partial charge is 0.465 e. The molecule has 1 aliphatic carbocycles. The highest BCUT2D eigenvalue weighted by Gasteiger charge is 2.29. The number of hydrogen-bond donors (Lipinski definition) is 1. The molecular formula is C24H32N6O3. The highest BCUT2D eigenvalue weighted by atomic mass is 16.5. The van der Waals surface area contributed by atoms with E-state index in [-0.39, 0.29) is 11.9 Å².